The lowest BCUT2D eigenvalue weighted by Gasteiger charge is -2.26. The first-order chi connectivity index (χ1) is 38.8. The lowest BCUT2D eigenvalue weighted by molar-refractivity contribution is 0.0378. The number of anilines is 4. The Kier molecular flexibility index (Phi) is 25.0. The predicted octanol–water partition coefficient (Wildman–Crippen LogP) is 5.07. The Morgan fingerprint density at radius 3 is 1.60 bits per heavy atom. The predicted molar refractivity (Wildman–Crippen MR) is 314 cm³/mol. The number of imidazole rings is 2. The van der Waals surface area contributed by atoms with Crippen molar-refractivity contribution in [3.05, 3.63) is 149 Å². The summed E-state index contributed by atoms with van der Waals surface area (Å²) in [5, 5.41) is 55.6. The summed E-state index contributed by atoms with van der Waals surface area (Å²) in [4.78, 5) is 42.7. The molecule has 2 saturated heterocycles. The van der Waals surface area contributed by atoms with E-state index < -0.39 is 0 Å². The van der Waals surface area contributed by atoms with Crippen molar-refractivity contribution in [1.82, 2.24) is 48.8 Å². The summed E-state index contributed by atoms with van der Waals surface area (Å²) in [6, 6.07) is 25.7. The molecule has 421 valence electrons. The average molecular weight is 1090 g/mol. The zero-order valence-electron chi connectivity index (χ0n) is 45.1. The molecule has 0 saturated carbocycles. The zero-order chi connectivity index (χ0) is 55.6. The maximum absolute atomic E-state index is 11.2. The summed E-state index contributed by atoms with van der Waals surface area (Å²) in [5.74, 6) is 1.77. The first-order valence-corrected chi connectivity index (χ1v) is 26.5. The number of fused-ring (bicyclic) bond motifs is 2. The topological polar surface area (TPSA) is 295 Å². The van der Waals surface area contributed by atoms with Crippen LogP contribution in [0.3, 0.4) is 0 Å². The molecule has 2 aliphatic heterocycles. The molecule has 22 nitrogen and oxygen atoms in total. The number of carbonyl (C=O) groups excluding carboxylic acids is 1. The second-order valence-corrected chi connectivity index (χ2v) is 18.5. The van der Waals surface area contributed by atoms with Gasteiger partial charge in [0.2, 0.25) is 11.9 Å². The van der Waals surface area contributed by atoms with Gasteiger partial charge in [-0.1, -0.05) is 6.07 Å². The number of pyridine rings is 4. The number of carbonyl (C=O) groups is 1. The van der Waals surface area contributed by atoms with Crippen molar-refractivity contribution >= 4 is 66.8 Å². The number of aldehydes is 1. The number of nitrogen functional groups attached to an aromatic ring is 1. The van der Waals surface area contributed by atoms with Crippen molar-refractivity contribution in [2.24, 2.45) is 0 Å². The van der Waals surface area contributed by atoms with Gasteiger partial charge in [0.05, 0.1) is 84.3 Å². The van der Waals surface area contributed by atoms with Crippen LogP contribution in [0.1, 0.15) is 51.5 Å². The Morgan fingerprint density at radius 2 is 1.09 bits per heavy atom. The van der Waals surface area contributed by atoms with Crippen molar-refractivity contribution < 1.29 is 34.7 Å². The van der Waals surface area contributed by atoms with Crippen LogP contribution in [0.25, 0.3) is 27.5 Å². The van der Waals surface area contributed by atoms with E-state index in [9.17, 15) is 20.1 Å². The lowest BCUT2D eigenvalue weighted by Crippen LogP contribution is -2.37. The van der Waals surface area contributed by atoms with Crippen molar-refractivity contribution in [2.45, 2.75) is 45.3 Å². The van der Waals surface area contributed by atoms with E-state index in [-0.39, 0.29) is 33.1 Å². The molecular formula is C57H72BN15O7-. The van der Waals surface area contributed by atoms with Gasteiger partial charge in [0.25, 0.3) is 0 Å². The number of nitrogens with two attached hydrogens (primary N) is 1. The molecule has 0 spiro atoms. The number of morpholine rings is 2. The number of aliphatic hydroxyl groups excluding tert-OH is 2. The molecule has 9 N–H and O–H groups in total. The number of aliphatic hydroxyl groups is 2. The van der Waals surface area contributed by atoms with Gasteiger partial charge in [0, 0.05) is 111 Å². The number of nitrogens with one attached hydrogen (secondary N) is 3. The van der Waals surface area contributed by atoms with Crippen LogP contribution in [-0.2, 0) is 41.9 Å². The monoisotopic (exact) mass is 1090 g/mol. The molecular weight excluding hydrogens is 1020 g/mol. The fourth-order valence-corrected chi connectivity index (χ4v) is 9.01. The molecule has 0 bridgehead atoms. The highest BCUT2D eigenvalue weighted by Crippen LogP contribution is 2.27. The summed E-state index contributed by atoms with van der Waals surface area (Å²) in [5.41, 5.74) is 15.0. The number of rotatable bonds is 22. The van der Waals surface area contributed by atoms with Gasteiger partial charge in [-0.25, -0.2) is 16.7 Å². The van der Waals surface area contributed by atoms with E-state index in [0.717, 1.165) is 149 Å². The molecule has 0 atom stereocenters. The first-order valence-electron chi connectivity index (χ1n) is 26.5. The lowest BCUT2D eigenvalue weighted by atomic mass is 10.1. The smallest absolute Gasteiger partial charge is 0.204 e. The third kappa shape index (κ3) is 17.7. The van der Waals surface area contributed by atoms with E-state index in [1.165, 1.54) is 0 Å². The van der Waals surface area contributed by atoms with Gasteiger partial charge in [-0.2, -0.15) is 0 Å². The van der Waals surface area contributed by atoms with Crippen LogP contribution >= 0.6 is 0 Å². The Morgan fingerprint density at radius 1 is 0.613 bits per heavy atom. The summed E-state index contributed by atoms with van der Waals surface area (Å²) < 4.78 is 14.9. The number of benzene rings is 2. The molecule has 2 fully saturated rings. The number of hydrogen-bond donors (Lipinski definition) is 8. The summed E-state index contributed by atoms with van der Waals surface area (Å²) in [7, 11) is 0. The van der Waals surface area contributed by atoms with E-state index in [2.05, 4.69) is 69.1 Å². The Labute approximate surface area is 468 Å². The molecule has 3 radical (unpaired) electrons. The van der Waals surface area contributed by atoms with Crippen LogP contribution in [0.5, 0.6) is 11.5 Å². The van der Waals surface area contributed by atoms with Gasteiger partial charge in [-0.05, 0) is 110 Å². The van der Waals surface area contributed by atoms with Gasteiger partial charge < -0.3 is 66.1 Å². The van der Waals surface area contributed by atoms with Crippen molar-refractivity contribution in [3.8, 4) is 11.5 Å². The number of hydrogen-bond acceptors (Lipinski definition) is 19. The van der Waals surface area contributed by atoms with Crippen molar-refractivity contribution in [1.29, 1.82) is 0 Å². The molecule has 23 heteroatoms. The quantitative estimate of drug-likeness (QED) is 0.0190. The first kappa shape index (κ1) is 61.2. The fraction of sp³-hybridized carbons (Fsp3) is 0.368. The Balaban J connectivity index is 0.000000217. The van der Waals surface area contributed by atoms with E-state index in [1.54, 1.807) is 67.3 Å². The van der Waals surface area contributed by atoms with Gasteiger partial charge in [-0.15, -0.1) is 0 Å². The molecule has 2 aliphatic rings. The zero-order valence-corrected chi connectivity index (χ0v) is 45.1. The number of aromatic hydroxyl groups is 2. The molecule has 8 heterocycles. The maximum atomic E-state index is 11.2. The average Bonchev–Trinajstić information content (AvgIpc) is 4.01. The van der Waals surface area contributed by atoms with E-state index >= 15 is 0 Å². The Bertz CT molecular complexity index is 3130. The van der Waals surface area contributed by atoms with Gasteiger partial charge in [0.15, 0.2) is 0 Å². The van der Waals surface area contributed by atoms with E-state index in [0.29, 0.717) is 61.1 Å². The van der Waals surface area contributed by atoms with Gasteiger partial charge in [-0.3, -0.25) is 34.5 Å². The van der Waals surface area contributed by atoms with E-state index in [4.69, 9.17) is 35.7 Å². The van der Waals surface area contributed by atoms with Crippen LogP contribution in [0.2, 0.25) is 0 Å². The molecule has 2 aromatic carbocycles. The third-order valence-electron chi connectivity index (χ3n) is 13.1. The summed E-state index contributed by atoms with van der Waals surface area (Å²) in [6.45, 7) is 14.5. The number of ether oxygens (including phenoxy) is 2. The Hall–Kier alpha value is -8.06. The molecule has 10 rings (SSSR count). The fourth-order valence-electron chi connectivity index (χ4n) is 9.01. The van der Waals surface area contributed by atoms with Crippen molar-refractivity contribution in [2.75, 3.05) is 114 Å². The van der Waals surface area contributed by atoms with Crippen molar-refractivity contribution in [3.63, 3.8) is 0 Å². The minimum atomic E-state index is 0. The van der Waals surface area contributed by atoms with Crippen LogP contribution < -0.4 is 21.7 Å². The highest BCUT2D eigenvalue weighted by atomic mass is 16.5. The van der Waals surface area contributed by atoms with E-state index in [1.807, 2.05) is 34.9 Å². The SMILES string of the molecule is C=[N-].Nc1cccnc1CCO.O=Cc1ccc2nc(NCCCN3CCOCC3)n(Cc3ncccc3O)c2c1.OCCc1ncccc1NCc1ccc2nc(NCCCN3CCOCC3)n(Cc3ncccc3O)c2c1.[B]. The van der Waals surface area contributed by atoms with Gasteiger partial charge >= 0.3 is 0 Å². The highest BCUT2D eigenvalue weighted by molar-refractivity contribution is 5.86. The standard InChI is InChI=1S/C28H35N7O3.C21H25N5O3.C7H10N2O.CH2N.B/c36-15-8-23-22(4-1-9-29-23)32-19-21-6-7-24-26(18-21)35(20-25-27(37)5-2-10-30-25)28(33-24)31-11-3-12-34-13-16-38-17-14-34;27-15-16-4-5-17-19(13-16)26(14-18-20(28)3-1-6-22-18)21(24-17)23-7-2-8-25-9-11-29-12-10-25;8-6-2-1-4-9-7(6)3-5-10;1-2;/h1-2,4-7,9-10,18,32,36-37H,3,8,11-17,19-20H2,(H,31,33);1,3-6,13,15,28H,2,7-12,14H2,(H,23,24);1-2,4,10H,3,5,8H2;1H2;/q;;;-1;. The van der Waals surface area contributed by atoms with Crippen LogP contribution in [0, 0.1) is 0 Å². The normalized spacial score (nSPS) is 13.4. The molecule has 0 aliphatic carbocycles. The molecule has 8 aromatic rings. The second kappa shape index (κ2) is 32.8. The van der Waals surface area contributed by atoms with Crippen LogP contribution in [-0.4, -0.2) is 183 Å². The highest BCUT2D eigenvalue weighted by Gasteiger charge is 2.18. The molecule has 0 unspecified atom stereocenters. The molecule has 6 aromatic heterocycles. The largest absolute Gasteiger partial charge is 0.817 e. The summed E-state index contributed by atoms with van der Waals surface area (Å²) in [6.07, 6.45) is 10.6. The van der Waals surface area contributed by atoms with Crippen LogP contribution in [0.15, 0.2) is 110 Å². The molecule has 0 amide bonds. The summed E-state index contributed by atoms with van der Waals surface area (Å²) >= 11 is 0. The minimum Gasteiger partial charge on any atom is -0.817 e. The second-order valence-electron chi connectivity index (χ2n) is 18.5. The molecule has 80 heavy (non-hydrogen) atoms. The number of aromatic nitrogens is 8. The minimum absolute atomic E-state index is 0. The maximum Gasteiger partial charge on any atom is 0.204 e. The number of nitrogens with zero attached hydrogens (tertiary/aromatic N) is 11. The van der Waals surface area contributed by atoms with Gasteiger partial charge in [0.1, 0.15) is 29.2 Å². The van der Waals surface area contributed by atoms with Crippen LogP contribution in [0.4, 0.5) is 23.3 Å². The third-order valence-corrected chi connectivity index (χ3v) is 13.1.